The number of carboxylic acid groups (broad SMARTS) is 1. The van der Waals surface area contributed by atoms with Crippen molar-refractivity contribution >= 4 is 23.4 Å². The fourth-order valence-electron chi connectivity index (χ4n) is 1.70. The van der Waals surface area contributed by atoms with Crippen LogP contribution in [0.15, 0.2) is 24.5 Å². The van der Waals surface area contributed by atoms with Gasteiger partial charge in [-0.25, -0.2) is 9.78 Å². The summed E-state index contributed by atoms with van der Waals surface area (Å²) in [5.41, 5.74) is 0.871. The van der Waals surface area contributed by atoms with Crippen LogP contribution in [0.3, 0.4) is 0 Å². The number of carbonyl (C=O) groups is 1. The molecule has 0 aromatic carbocycles. The lowest BCUT2D eigenvalue weighted by molar-refractivity contribution is 0.0691. The molecule has 1 N–H and O–H groups in total. The molecule has 2 aromatic rings. The molecule has 0 aliphatic carbocycles. The van der Waals surface area contributed by atoms with Crippen molar-refractivity contribution in [2.75, 3.05) is 11.9 Å². The Kier molecular flexibility index (Phi) is 3.71. The van der Waals surface area contributed by atoms with Gasteiger partial charge in [-0.05, 0) is 12.1 Å². The van der Waals surface area contributed by atoms with Crippen LogP contribution in [0, 0.1) is 0 Å². The number of nitrogens with zero attached hydrogens (tertiary/aromatic N) is 4. The van der Waals surface area contributed by atoms with Crippen LogP contribution in [0.25, 0.3) is 0 Å². The van der Waals surface area contributed by atoms with Gasteiger partial charge in [0.15, 0.2) is 5.69 Å². The first-order valence-corrected chi connectivity index (χ1v) is 5.93. The molecule has 19 heavy (non-hydrogen) atoms. The van der Waals surface area contributed by atoms with Crippen molar-refractivity contribution < 1.29 is 9.90 Å². The maximum atomic E-state index is 11.0. The molecular weight excluding hydrogens is 268 g/mol. The molecule has 0 bridgehead atoms. The van der Waals surface area contributed by atoms with Gasteiger partial charge in [-0.2, -0.15) is 5.10 Å². The Balaban J connectivity index is 2.21. The van der Waals surface area contributed by atoms with Gasteiger partial charge in [-0.3, -0.25) is 4.68 Å². The van der Waals surface area contributed by atoms with Crippen LogP contribution in [0.4, 0.5) is 5.82 Å². The van der Waals surface area contributed by atoms with Crippen LogP contribution < -0.4 is 4.90 Å². The van der Waals surface area contributed by atoms with Gasteiger partial charge in [-0.15, -0.1) is 0 Å². The first-order valence-electron chi connectivity index (χ1n) is 5.56. The monoisotopic (exact) mass is 280 g/mol. The van der Waals surface area contributed by atoms with Crippen molar-refractivity contribution in [1.29, 1.82) is 0 Å². The second kappa shape index (κ2) is 5.27. The molecule has 0 spiro atoms. The van der Waals surface area contributed by atoms with Gasteiger partial charge in [0.25, 0.3) is 0 Å². The Morgan fingerprint density at radius 3 is 2.84 bits per heavy atom. The van der Waals surface area contributed by atoms with E-state index in [2.05, 4.69) is 10.1 Å². The van der Waals surface area contributed by atoms with E-state index in [0.29, 0.717) is 12.4 Å². The molecule has 0 radical (unpaired) electrons. The zero-order valence-electron chi connectivity index (χ0n) is 10.5. The number of carboxylic acids is 1. The summed E-state index contributed by atoms with van der Waals surface area (Å²) in [5, 5.41) is 13.2. The van der Waals surface area contributed by atoms with Gasteiger partial charge in [0.1, 0.15) is 5.82 Å². The quantitative estimate of drug-likeness (QED) is 0.925. The van der Waals surface area contributed by atoms with E-state index in [1.807, 2.05) is 25.2 Å². The first kappa shape index (κ1) is 13.4. The molecule has 0 aliphatic heterocycles. The maximum absolute atomic E-state index is 11.0. The van der Waals surface area contributed by atoms with Crippen LogP contribution in [-0.2, 0) is 13.6 Å². The highest BCUT2D eigenvalue weighted by Crippen LogP contribution is 2.19. The molecule has 0 unspecified atom stereocenters. The fraction of sp³-hybridized carbons (Fsp3) is 0.250. The molecule has 2 aromatic heterocycles. The first-order chi connectivity index (χ1) is 8.97. The highest BCUT2D eigenvalue weighted by Gasteiger charge is 2.13. The minimum Gasteiger partial charge on any atom is -0.476 e. The van der Waals surface area contributed by atoms with Gasteiger partial charge >= 0.3 is 5.97 Å². The molecule has 0 saturated heterocycles. The Bertz CT molecular complexity index is 612. The number of hydrogen-bond donors (Lipinski definition) is 1. The second-order valence-electron chi connectivity index (χ2n) is 4.18. The number of halogens is 1. The molecule has 6 nitrogen and oxygen atoms in total. The molecule has 0 fully saturated rings. The van der Waals surface area contributed by atoms with Gasteiger partial charge in [0.05, 0.1) is 11.2 Å². The minimum atomic E-state index is -1.14. The molecule has 2 rings (SSSR count). The molecule has 7 heteroatoms. The predicted octanol–water partition coefficient (Wildman–Crippen LogP) is 1.80. The highest BCUT2D eigenvalue weighted by molar-refractivity contribution is 6.33. The number of rotatable bonds is 4. The summed E-state index contributed by atoms with van der Waals surface area (Å²) >= 11 is 5.78. The SMILES string of the molecule is CN(Cc1cnn(C)c1)c1ccc(Cl)c(C(=O)O)n1. The third-order valence-electron chi connectivity index (χ3n) is 2.60. The van der Waals surface area contributed by atoms with E-state index in [1.165, 1.54) is 6.07 Å². The molecular formula is C12H13ClN4O2. The summed E-state index contributed by atoms with van der Waals surface area (Å²) in [6.45, 7) is 0.585. The van der Waals surface area contributed by atoms with Gasteiger partial charge in [0, 0.05) is 32.4 Å². The largest absolute Gasteiger partial charge is 0.476 e. The Hall–Kier alpha value is -2.08. The van der Waals surface area contributed by atoms with Crippen molar-refractivity contribution in [3.63, 3.8) is 0 Å². The van der Waals surface area contributed by atoms with Crippen molar-refractivity contribution in [2.45, 2.75) is 6.54 Å². The summed E-state index contributed by atoms with van der Waals surface area (Å²) in [6, 6.07) is 3.22. The molecule has 0 saturated carbocycles. The van der Waals surface area contributed by atoms with Gasteiger partial charge in [0.2, 0.25) is 0 Å². The number of hydrogen-bond acceptors (Lipinski definition) is 4. The number of aryl methyl sites for hydroxylation is 1. The van der Waals surface area contributed by atoms with Crippen LogP contribution in [-0.4, -0.2) is 32.9 Å². The van der Waals surface area contributed by atoms with Crippen molar-refractivity contribution in [3.05, 3.63) is 40.8 Å². The van der Waals surface area contributed by atoms with Crippen molar-refractivity contribution in [3.8, 4) is 0 Å². The van der Waals surface area contributed by atoms with Crippen LogP contribution in [0.1, 0.15) is 16.1 Å². The van der Waals surface area contributed by atoms with Crippen LogP contribution in [0.2, 0.25) is 5.02 Å². The lowest BCUT2D eigenvalue weighted by Crippen LogP contribution is -2.18. The van der Waals surface area contributed by atoms with E-state index in [-0.39, 0.29) is 10.7 Å². The van der Waals surface area contributed by atoms with E-state index in [9.17, 15) is 4.79 Å². The topological polar surface area (TPSA) is 71.2 Å². The van der Waals surface area contributed by atoms with Gasteiger partial charge in [-0.1, -0.05) is 11.6 Å². The molecule has 0 amide bonds. The number of anilines is 1. The zero-order chi connectivity index (χ0) is 14.0. The summed E-state index contributed by atoms with van der Waals surface area (Å²) < 4.78 is 1.71. The molecule has 0 aliphatic rings. The second-order valence-corrected chi connectivity index (χ2v) is 4.59. The van der Waals surface area contributed by atoms with Crippen molar-refractivity contribution in [1.82, 2.24) is 14.8 Å². The number of pyridine rings is 1. The summed E-state index contributed by atoms with van der Waals surface area (Å²) in [4.78, 5) is 16.9. The predicted molar refractivity (Wildman–Crippen MR) is 71.5 cm³/mol. The molecule has 0 atom stereocenters. The summed E-state index contributed by atoms with van der Waals surface area (Å²) in [6.07, 6.45) is 3.65. The van der Waals surface area contributed by atoms with E-state index >= 15 is 0 Å². The van der Waals surface area contributed by atoms with Crippen LogP contribution >= 0.6 is 11.6 Å². The minimum absolute atomic E-state index is 0.131. The maximum Gasteiger partial charge on any atom is 0.356 e. The number of aromatic nitrogens is 3. The lowest BCUT2D eigenvalue weighted by atomic mass is 10.3. The summed E-state index contributed by atoms with van der Waals surface area (Å²) in [7, 11) is 3.67. The van der Waals surface area contributed by atoms with E-state index in [1.54, 1.807) is 16.9 Å². The Morgan fingerprint density at radius 1 is 1.53 bits per heavy atom. The van der Waals surface area contributed by atoms with E-state index < -0.39 is 5.97 Å². The number of aromatic carboxylic acids is 1. The Morgan fingerprint density at radius 2 is 2.26 bits per heavy atom. The third-order valence-corrected chi connectivity index (χ3v) is 2.91. The fourth-order valence-corrected chi connectivity index (χ4v) is 1.89. The Labute approximate surface area is 115 Å². The van der Waals surface area contributed by atoms with E-state index in [0.717, 1.165) is 5.56 Å². The molecule has 100 valence electrons. The highest BCUT2D eigenvalue weighted by atomic mass is 35.5. The standard InChI is InChI=1S/C12H13ClN4O2/c1-16(6-8-5-14-17(2)7-8)10-4-3-9(13)11(15-10)12(18)19/h3-5,7H,6H2,1-2H3,(H,18,19). The third kappa shape index (κ3) is 3.03. The molecule has 2 heterocycles. The zero-order valence-corrected chi connectivity index (χ0v) is 11.3. The average molecular weight is 281 g/mol. The van der Waals surface area contributed by atoms with Gasteiger partial charge < -0.3 is 10.0 Å². The van der Waals surface area contributed by atoms with Crippen LogP contribution in [0.5, 0.6) is 0 Å². The summed E-state index contributed by atoms with van der Waals surface area (Å²) in [5.74, 6) is -0.590. The average Bonchev–Trinajstić information content (AvgIpc) is 2.74. The van der Waals surface area contributed by atoms with Crippen molar-refractivity contribution in [2.24, 2.45) is 7.05 Å². The van der Waals surface area contributed by atoms with E-state index in [4.69, 9.17) is 16.7 Å². The smallest absolute Gasteiger partial charge is 0.356 e. The lowest BCUT2D eigenvalue weighted by Gasteiger charge is -2.17. The normalized spacial score (nSPS) is 10.5.